The minimum atomic E-state index is -0.414. The van der Waals surface area contributed by atoms with Gasteiger partial charge in [0.1, 0.15) is 5.75 Å². The van der Waals surface area contributed by atoms with Crippen LogP contribution in [0.15, 0.2) is 47.4 Å². The monoisotopic (exact) mass is 364 g/mol. The van der Waals surface area contributed by atoms with Crippen LogP contribution >= 0.6 is 23.4 Å². The van der Waals surface area contributed by atoms with Gasteiger partial charge in [0.25, 0.3) is 5.91 Å². The van der Waals surface area contributed by atoms with Gasteiger partial charge in [-0.3, -0.25) is 9.59 Å². The first-order chi connectivity index (χ1) is 11.5. The minimum Gasteiger partial charge on any atom is -0.483 e. The average molecular weight is 365 g/mol. The highest BCUT2D eigenvalue weighted by atomic mass is 35.5. The summed E-state index contributed by atoms with van der Waals surface area (Å²) in [6, 6.07) is 12.4. The lowest BCUT2D eigenvalue weighted by Gasteiger charge is -2.12. The Kier molecular flexibility index (Phi) is 6.52. The van der Waals surface area contributed by atoms with Crippen LogP contribution in [-0.4, -0.2) is 24.2 Å². The normalized spacial score (nSPS) is 10.2. The van der Waals surface area contributed by atoms with Crippen molar-refractivity contribution in [2.75, 3.05) is 17.7 Å². The Balaban J connectivity index is 1.96. The van der Waals surface area contributed by atoms with Crippen LogP contribution in [0.5, 0.6) is 5.75 Å². The number of nitrogens with one attached hydrogen (secondary N) is 1. The molecule has 0 heterocycles. The summed E-state index contributed by atoms with van der Waals surface area (Å²) in [5, 5.41) is 3.39. The van der Waals surface area contributed by atoms with Crippen LogP contribution in [0, 0.1) is 6.92 Å². The Labute approximate surface area is 149 Å². The molecule has 0 aliphatic heterocycles. The van der Waals surface area contributed by atoms with E-state index in [0.29, 0.717) is 16.5 Å². The second kappa shape index (κ2) is 8.61. The third-order valence-electron chi connectivity index (χ3n) is 3.03. The van der Waals surface area contributed by atoms with Crippen molar-refractivity contribution in [1.29, 1.82) is 0 Å². The van der Waals surface area contributed by atoms with Crippen LogP contribution in [-0.2, 0) is 9.59 Å². The number of amides is 2. The number of hydrogen-bond donors (Lipinski definition) is 2. The van der Waals surface area contributed by atoms with Crippen LogP contribution in [0.1, 0.15) is 5.56 Å². The Hall–Kier alpha value is -2.18. The van der Waals surface area contributed by atoms with Gasteiger partial charge in [-0.25, -0.2) is 0 Å². The molecule has 0 aliphatic rings. The first-order valence-electron chi connectivity index (χ1n) is 7.14. The lowest BCUT2D eigenvalue weighted by molar-refractivity contribution is -0.118. The molecular weight excluding hydrogens is 348 g/mol. The minimum absolute atomic E-state index is 0.128. The van der Waals surface area contributed by atoms with Gasteiger partial charge < -0.3 is 15.8 Å². The highest BCUT2D eigenvalue weighted by molar-refractivity contribution is 8.00. The second-order valence-electron chi connectivity index (χ2n) is 5.00. The topological polar surface area (TPSA) is 81.4 Å². The van der Waals surface area contributed by atoms with Crippen molar-refractivity contribution >= 4 is 40.9 Å². The lowest BCUT2D eigenvalue weighted by Crippen LogP contribution is -2.21. The first kappa shape index (κ1) is 18.2. The number of carbonyl (C=O) groups excluding carboxylic acids is 2. The summed E-state index contributed by atoms with van der Waals surface area (Å²) in [4.78, 5) is 23.8. The van der Waals surface area contributed by atoms with Gasteiger partial charge in [0.15, 0.2) is 6.61 Å². The van der Waals surface area contributed by atoms with Crippen LogP contribution < -0.4 is 15.8 Å². The number of aryl methyl sites for hydroxylation is 1. The quantitative estimate of drug-likeness (QED) is 0.739. The van der Waals surface area contributed by atoms with E-state index in [1.807, 2.05) is 19.1 Å². The zero-order chi connectivity index (χ0) is 17.5. The van der Waals surface area contributed by atoms with Gasteiger partial charge >= 0.3 is 0 Å². The van der Waals surface area contributed by atoms with Crippen LogP contribution in [0.4, 0.5) is 5.69 Å². The molecule has 2 aromatic carbocycles. The van der Waals surface area contributed by atoms with Gasteiger partial charge in [0.2, 0.25) is 5.91 Å². The predicted octanol–water partition coefficient (Wildman–Crippen LogP) is 3.24. The maximum atomic E-state index is 12.1. The second-order valence-corrected chi connectivity index (χ2v) is 6.45. The average Bonchev–Trinajstić information content (AvgIpc) is 2.53. The molecule has 0 saturated carbocycles. The van der Waals surface area contributed by atoms with E-state index in [2.05, 4.69) is 5.32 Å². The van der Waals surface area contributed by atoms with Crippen LogP contribution in [0.3, 0.4) is 0 Å². The highest BCUT2D eigenvalue weighted by Crippen LogP contribution is 2.27. The lowest BCUT2D eigenvalue weighted by atomic mass is 10.2. The van der Waals surface area contributed by atoms with E-state index in [9.17, 15) is 9.59 Å². The molecule has 126 valence electrons. The smallest absolute Gasteiger partial charge is 0.262 e. The van der Waals surface area contributed by atoms with E-state index in [-0.39, 0.29) is 18.3 Å². The van der Waals surface area contributed by atoms with Crippen molar-refractivity contribution in [2.24, 2.45) is 5.73 Å². The van der Waals surface area contributed by atoms with Crippen molar-refractivity contribution in [2.45, 2.75) is 11.8 Å². The van der Waals surface area contributed by atoms with Gasteiger partial charge in [-0.2, -0.15) is 0 Å². The van der Waals surface area contributed by atoms with Crippen molar-refractivity contribution in [3.05, 3.63) is 53.1 Å². The summed E-state index contributed by atoms with van der Waals surface area (Å²) >= 11 is 7.16. The fourth-order valence-corrected chi connectivity index (χ4v) is 2.92. The number of thioether (sulfide) groups is 1. The maximum absolute atomic E-state index is 12.1. The van der Waals surface area contributed by atoms with Gasteiger partial charge in [-0.1, -0.05) is 23.7 Å². The largest absolute Gasteiger partial charge is 0.483 e. The number of carbonyl (C=O) groups is 2. The van der Waals surface area contributed by atoms with Crippen LogP contribution in [0.2, 0.25) is 5.02 Å². The summed E-state index contributed by atoms with van der Waals surface area (Å²) in [6.45, 7) is 1.73. The fourth-order valence-electron chi connectivity index (χ4n) is 1.95. The predicted molar refractivity (Wildman–Crippen MR) is 96.7 cm³/mol. The summed E-state index contributed by atoms with van der Waals surface area (Å²) in [5.41, 5.74) is 6.62. The summed E-state index contributed by atoms with van der Waals surface area (Å²) in [5.74, 6) is 0.0398. The van der Waals surface area contributed by atoms with Crippen molar-refractivity contribution in [3.63, 3.8) is 0 Å². The zero-order valence-corrected chi connectivity index (χ0v) is 14.6. The standard InChI is InChI=1S/C17H17ClN2O3S/c1-11-8-12(18)6-7-14(11)23-9-17(22)20-13-4-2-3-5-15(13)24-10-16(19)21/h2-8H,9-10H2,1H3,(H2,19,21)(H,20,22). The van der Waals surface area contributed by atoms with E-state index in [0.717, 1.165) is 10.5 Å². The number of para-hydroxylation sites is 1. The molecule has 0 spiro atoms. The third-order valence-corrected chi connectivity index (χ3v) is 4.36. The molecule has 24 heavy (non-hydrogen) atoms. The zero-order valence-electron chi connectivity index (χ0n) is 13.0. The Morgan fingerprint density at radius 1 is 1.25 bits per heavy atom. The molecule has 2 amide bonds. The van der Waals surface area contributed by atoms with Crippen molar-refractivity contribution in [1.82, 2.24) is 0 Å². The molecule has 2 aromatic rings. The molecule has 0 bridgehead atoms. The van der Waals surface area contributed by atoms with E-state index in [1.54, 1.807) is 30.3 Å². The van der Waals surface area contributed by atoms with Gasteiger partial charge in [0, 0.05) is 9.92 Å². The van der Waals surface area contributed by atoms with Gasteiger partial charge in [-0.05, 0) is 42.8 Å². The summed E-state index contributed by atoms with van der Waals surface area (Å²) in [6.07, 6.45) is 0. The van der Waals surface area contributed by atoms with Crippen molar-refractivity contribution < 1.29 is 14.3 Å². The molecule has 0 aromatic heterocycles. The molecule has 0 saturated heterocycles. The summed E-state index contributed by atoms with van der Waals surface area (Å²) in [7, 11) is 0. The fraction of sp³-hybridized carbons (Fsp3) is 0.176. The third kappa shape index (κ3) is 5.47. The Morgan fingerprint density at radius 2 is 2.00 bits per heavy atom. The number of benzene rings is 2. The molecule has 7 heteroatoms. The molecule has 3 N–H and O–H groups in total. The number of nitrogens with two attached hydrogens (primary N) is 1. The molecule has 0 radical (unpaired) electrons. The number of rotatable bonds is 7. The van der Waals surface area contributed by atoms with E-state index >= 15 is 0 Å². The maximum Gasteiger partial charge on any atom is 0.262 e. The van der Waals surface area contributed by atoms with E-state index in [1.165, 1.54) is 11.8 Å². The molecular formula is C17H17ClN2O3S. The molecule has 0 unspecified atom stereocenters. The number of halogens is 1. The number of primary amides is 1. The summed E-state index contributed by atoms with van der Waals surface area (Å²) < 4.78 is 5.51. The van der Waals surface area contributed by atoms with E-state index in [4.69, 9.17) is 22.1 Å². The first-order valence-corrected chi connectivity index (χ1v) is 8.51. The van der Waals surface area contributed by atoms with Gasteiger partial charge in [-0.15, -0.1) is 11.8 Å². The Morgan fingerprint density at radius 3 is 2.71 bits per heavy atom. The van der Waals surface area contributed by atoms with E-state index < -0.39 is 5.91 Å². The number of hydrogen-bond acceptors (Lipinski definition) is 4. The SMILES string of the molecule is Cc1cc(Cl)ccc1OCC(=O)Nc1ccccc1SCC(N)=O. The molecule has 5 nitrogen and oxygen atoms in total. The Bertz CT molecular complexity index is 752. The molecule has 2 rings (SSSR count). The van der Waals surface area contributed by atoms with Crippen LogP contribution in [0.25, 0.3) is 0 Å². The number of anilines is 1. The van der Waals surface area contributed by atoms with Crippen molar-refractivity contribution in [3.8, 4) is 5.75 Å². The molecule has 0 fully saturated rings. The van der Waals surface area contributed by atoms with Gasteiger partial charge in [0.05, 0.1) is 11.4 Å². The molecule has 0 aliphatic carbocycles. The number of ether oxygens (including phenoxy) is 1. The molecule has 0 atom stereocenters. The highest BCUT2D eigenvalue weighted by Gasteiger charge is 2.09.